The van der Waals surface area contributed by atoms with Crippen LogP contribution in [0.4, 0.5) is 5.13 Å². The molecule has 0 aliphatic carbocycles. The minimum absolute atomic E-state index is 0.0758. The van der Waals surface area contributed by atoms with Crippen LogP contribution in [0.2, 0.25) is 5.02 Å². The third-order valence-corrected chi connectivity index (χ3v) is 6.26. The Kier molecular flexibility index (Phi) is 4.58. The molecule has 3 heterocycles. The summed E-state index contributed by atoms with van der Waals surface area (Å²) in [4.78, 5) is 19.4. The van der Waals surface area contributed by atoms with Gasteiger partial charge in [0.2, 0.25) is 0 Å². The molecule has 1 aliphatic rings. The maximum Gasteiger partial charge on any atom is 0.254 e. The number of aryl methyl sites for hydroxylation is 2. The van der Waals surface area contributed by atoms with E-state index >= 15 is 0 Å². The molecular formula is C18H20ClN5OS. The zero-order chi connectivity index (χ0) is 18.3. The van der Waals surface area contributed by atoms with E-state index in [9.17, 15) is 4.79 Å². The van der Waals surface area contributed by atoms with Crippen molar-refractivity contribution in [2.24, 2.45) is 7.05 Å². The highest BCUT2D eigenvalue weighted by Gasteiger charge is 2.25. The number of piperidine rings is 1. The number of anilines is 1. The van der Waals surface area contributed by atoms with Crippen molar-refractivity contribution >= 4 is 44.2 Å². The van der Waals surface area contributed by atoms with Crippen LogP contribution in [0.15, 0.2) is 24.5 Å². The van der Waals surface area contributed by atoms with E-state index in [-0.39, 0.29) is 11.9 Å². The maximum atomic E-state index is 12.4. The SMILES string of the molecule is Cc1ccc(Cl)c2sc(N3CCCC(NC(=O)c4cnn(C)c4)C3)nc12. The van der Waals surface area contributed by atoms with Crippen molar-refractivity contribution in [3.05, 3.63) is 40.7 Å². The highest BCUT2D eigenvalue weighted by Crippen LogP contribution is 2.36. The van der Waals surface area contributed by atoms with E-state index in [0.717, 1.165) is 51.9 Å². The predicted octanol–water partition coefficient (Wildman–Crippen LogP) is 3.39. The second kappa shape index (κ2) is 6.89. The van der Waals surface area contributed by atoms with E-state index in [1.165, 1.54) is 0 Å². The van der Waals surface area contributed by atoms with Gasteiger partial charge in [-0.3, -0.25) is 9.48 Å². The summed E-state index contributed by atoms with van der Waals surface area (Å²) in [5.41, 5.74) is 2.69. The summed E-state index contributed by atoms with van der Waals surface area (Å²) in [7, 11) is 1.80. The van der Waals surface area contributed by atoms with Crippen LogP contribution in [0.5, 0.6) is 0 Å². The number of carbonyl (C=O) groups excluding carboxylic acids is 1. The molecule has 0 bridgehead atoms. The second-order valence-electron chi connectivity index (χ2n) is 6.70. The fourth-order valence-corrected chi connectivity index (χ4v) is 4.65. The Hall–Kier alpha value is -2.12. The van der Waals surface area contributed by atoms with Crippen molar-refractivity contribution < 1.29 is 4.79 Å². The van der Waals surface area contributed by atoms with Crippen LogP contribution >= 0.6 is 22.9 Å². The predicted molar refractivity (Wildman–Crippen MR) is 105 cm³/mol. The lowest BCUT2D eigenvalue weighted by molar-refractivity contribution is 0.0933. The summed E-state index contributed by atoms with van der Waals surface area (Å²) in [6.07, 6.45) is 5.30. The zero-order valence-electron chi connectivity index (χ0n) is 14.7. The number of fused-ring (bicyclic) bond motifs is 1. The minimum Gasteiger partial charge on any atom is -0.347 e. The highest BCUT2D eigenvalue weighted by molar-refractivity contribution is 7.22. The number of hydrogen-bond donors (Lipinski definition) is 1. The summed E-state index contributed by atoms with van der Waals surface area (Å²) < 4.78 is 2.66. The Labute approximate surface area is 160 Å². The van der Waals surface area contributed by atoms with Gasteiger partial charge in [-0.1, -0.05) is 29.0 Å². The van der Waals surface area contributed by atoms with Crippen LogP contribution in [0.25, 0.3) is 10.2 Å². The normalized spacial score (nSPS) is 17.7. The molecule has 8 heteroatoms. The first kappa shape index (κ1) is 17.3. The minimum atomic E-state index is -0.0758. The first-order chi connectivity index (χ1) is 12.5. The smallest absolute Gasteiger partial charge is 0.254 e. The van der Waals surface area contributed by atoms with Crippen molar-refractivity contribution in [3.8, 4) is 0 Å². The number of thiazole rings is 1. The van der Waals surface area contributed by atoms with Crippen LogP contribution in [0.1, 0.15) is 28.8 Å². The van der Waals surface area contributed by atoms with Gasteiger partial charge in [0, 0.05) is 32.4 Å². The van der Waals surface area contributed by atoms with E-state index in [4.69, 9.17) is 16.6 Å². The molecule has 1 aliphatic heterocycles. The Morgan fingerprint density at radius 2 is 2.27 bits per heavy atom. The number of nitrogens with one attached hydrogen (secondary N) is 1. The van der Waals surface area contributed by atoms with Gasteiger partial charge < -0.3 is 10.2 Å². The molecule has 3 aromatic rings. The first-order valence-corrected chi connectivity index (χ1v) is 9.81. The van der Waals surface area contributed by atoms with Gasteiger partial charge in [-0.25, -0.2) is 4.98 Å². The second-order valence-corrected chi connectivity index (χ2v) is 8.08. The van der Waals surface area contributed by atoms with Crippen LogP contribution in [-0.4, -0.2) is 39.8 Å². The molecule has 1 fully saturated rings. The molecule has 1 amide bonds. The fourth-order valence-electron chi connectivity index (χ4n) is 3.30. The molecular weight excluding hydrogens is 370 g/mol. The number of nitrogens with zero attached hydrogens (tertiary/aromatic N) is 4. The summed E-state index contributed by atoms with van der Waals surface area (Å²) in [6.45, 7) is 3.74. The van der Waals surface area contributed by atoms with Gasteiger partial charge in [-0.15, -0.1) is 0 Å². The van der Waals surface area contributed by atoms with Gasteiger partial charge in [0.25, 0.3) is 5.91 Å². The average Bonchev–Trinajstić information content (AvgIpc) is 3.26. The molecule has 0 spiro atoms. The molecule has 4 rings (SSSR count). The van der Waals surface area contributed by atoms with Crippen LogP contribution in [-0.2, 0) is 7.05 Å². The van der Waals surface area contributed by atoms with Gasteiger partial charge in [0.05, 0.1) is 27.0 Å². The molecule has 2 aromatic heterocycles. The van der Waals surface area contributed by atoms with E-state index in [2.05, 4.69) is 22.2 Å². The van der Waals surface area contributed by atoms with Gasteiger partial charge in [-0.05, 0) is 31.4 Å². The Morgan fingerprint density at radius 3 is 3.00 bits per heavy atom. The highest BCUT2D eigenvalue weighted by atomic mass is 35.5. The van der Waals surface area contributed by atoms with Crippen molar-refractivity contribution in [1.29, 1.82) is 0 Å². The van der Waals surface area contributed by atoms with Gasteiger partial charge in [-0.2, -0.15) is 5.10 Å². The van der Waals surface area contributed by atoms with Gasteiger partial charge in [0.15, 0.2) is 5.13 Å². The molecule has 1 unspecified atom stereocenters. The molecule has 0 radical (unpaired) electrons. The van der Waals surface area contributed by atoms with Crippen LogP contribution < -0.4 is 10.2 Å². The van der Waals surface area contributed by atoms with E-state index in [1.807, 2.05) is 12.1 Å². The fraction of sp³-hybridized carbons (Fsp3) is 0.389. The van der Waals surface area contributed by atoms with Crippen molar-refractivity contribution in [2.75, 3.05) is 18.0 Å². The van der Waals surface area contributed by atoms with Crippen LogP contribution in [0.3, 0.4) is 0 Å². The lowest BCUT2D eigenvalue weighted by Crippen LogP contribution is -2.47. The molecule has 1 aromatic carbocycles. The van der Waals surface area contributed by atoms with Crippen molar-refractivity contribution in [3.63, 3.8) is 0 Å². The third-order valence-electron chi connectivity index (χ3n) is 4.68. The average molecular weight is 390 g/mol. The maximum absolute atomic E-state index is 12.4. The Balaban J connectivity index is 1.51. The Bertz CT molecular complexity index is 927. The molecule has 0 saturated carbocycles. The zero-order valence-corrected chi connectivity index (χ0v) is 16.3. The van der Waals surface area contributed by atoms with E-state index < -0.39 is 0 Å². The van der Waals surface area contributed by atoms with Crippen LogP contribution in [0, 0.1) is 6.92 Å². The number of rotatable bonds is 3. The standard InChI is InChI=1S/C18H20ClN5OS/c1-11-5-6-14(19)16-15(11)22-18(26-16)24-7-3-4-13(10-24)21-17(25)12-8-20-23(2)9-12/h5-6,8-9,13H,3-4,7,10H2,1-2H3,(H,21,25). The topological polar surface area (TPSA) is 63.1 Å². The van der Waals surface area contributed by atoms with Crippen molar-refractivity contribution in [2.45, 2.75) is 25.8 Å². The number of benzene rings is 1. The molecule has 136 valence electrons. The third kappa shape index (κ3) is 3.29. The van der Waals surface area contributed by atoms with E-state index in [1.54, 1.807) is 35.5 Å². The Morgan fingerprint density at radius 1 is 1.42 bits per heavy atom. The monoisotopic (exact) mass is 389 g/mol. The molecule has 1 atom stereocenters. The summed E-state index contributed by atoms with van der Waals surface area (Å²) in [6, 6.07) is 4.02. The lowest BCUT2D eigenvalue weighted by atomic mass is 10.1. The number of carbonyl (C=O) groups is 1. The summed E-state index contributed by atoms with van der Waals surface area (Å²) >= 11 is 7.96. The number of amides is 1. The lowest BCUT2D eigenvalue weighted by Gasteiger charge is -2.32. The number of aromatic nitrogens is 3. The first-order valence-electron chi connectivity index (χ1n) is 8.61. The summed E-state index contributed by atoms with van der Waals surface area (Å²) in [5, 5.41) is 8.89. The van der Waals surface area contributed by atoms with E-state index in [0.29, 0.717) is 5.56 Å². The molecule has 26 heavy (non-hydrogen) atoms. The quantitative estimate of drug-likeness (QED) is 0.745. The van der Waals surface area contributed by atoms with Gasteiger partial charge >= 0.3 is 0 Å². The number of hydrogen-bond acceptors (Lipinski definition) is 5. The largest absolute Gasteiger partial charge is 0.347 e. The molecule has 1 N–H and O–H groups in total. The summed E-state index contributed by atoms with van der Waals surface area (Å²) in [5.74, 6) is -0.0758. The molecule has 6 nitrogen and oxygen atoms in total. The van der Waals surface area contributed by atoms with Gasteiger partial charge in [0.1, 0.15) is 0 Å². The number of halogens is 1. The molecule has 1 saturated heterocycles. The van der Waals surface area contributed by atoms with Crippen molar-refractivity contribution in [1.82, 2.24) is 20.1 Å².